The molecule has 2 N–H and O–H groups in total. The molecule has 0 saturated heterocycles. The maximum atomic E-state index is 11.7. The fourth-order valence-electron chi connectivity index (χ4n) is 1.46. The summed E-state index contributed by atoms with van der Waals surface area (Å²) in [6.07, 6.45) is 0. The maximum Gasteiger partial charge on any atom is 0.251 e. The van der Waals surface area contributed by atoms with Crippen LogP contribution in [-0.4, -0.2) is 32.5 Å². The number of aryl methyl sites for hydroxylation is 1. The third-order valence-electron chi connectivity index (χ3n) is 2.45. The van der Waals surface area contributed by atoms with E-state index in [0.29, 0.717) is 17.8 Å². The molecule has 1 amide bonds. The molecule has 0 aliphatic heterocycles. The Morgan fingerprint density at radius 1 is 1.37 bits per heavy atom. The fourth-order valence-corrected chi connectivity index (χ4v) is 2.93. The lowest BCUT2D eigenvalue weighted by Gasteiger charge is -2.11. The summed E-state index contributed by atoms with van der Waals surface area (Å²) in [7, 11) is -3.48. The van der Waals surface area contributed by atoms with Crippen LogP contribution in [0.15, 0.2) is 18.2 Å². The van der Waals surface area contributed by atoms with Crippen LogP contribution in [0.3, 0.4) is 0 Å². The molecule has 5 nitrogen and oxygen atoms in total. The minimum absolute atomic E-state index is 0.0182. The van der Waals surface area contributed by atoms with Crippen molar-refractivity contribution in [2.75, 3.05) is 22.9 Å². The highest BCUT2D eigenvalue weighted by Crippen LogP contribution is 2.18. The van der Waals surface area contributed by atoms with Crippen molar-refractivity contribution < 1.29 is 13.2 Å². The normalized spacial score (nSPS) is 11.1. The quantitative estimate of drug-likeness (QED) is 0.786. The Morgan fingerprint density at radius 2 is 2.05 bits per heavy atom. The van der Waals surface area contributed by atoms with Crippen molar-refractivity contribution in [2.24, 2.45) is 0 Å². The van der Waals surface area contributed by atoms with Crippen LogP contribution in [0, 0.1) is 6.92 Å². The molecule has 1 rings (SSSR count). The summed E-state index contributed by atoms with van der Waals surface area (Å²) in [5, 5.41) is 2.66. The van der Waals surface area contributed by atoms with E-state index in [9.17, 15) is 13.2 Å². The highest BCUT2D eigenvalue weighted by atomic mass is 35.5. The van der Waals surface area contributed by atoms with Crippen LogP contribution in [0.4, 0.5) is 5.69 Å². The zero-order chi connectivity index (χ0) is 14.5. The van der Waals surface area contributed by atoms with E-state index in [4.69, 9.17) is 11.6 Å². The third kappa shape index (κ3) is 4.72. The maximum absolute atomic E-state index is 11.7. The predicted molar refractivity (Wildman–Crippen MR) is 77.3 cm³/mol. The number of amides is 1. The summed E-state index contributed by atoms with van der Waals surface area (Å²) in [5.41, 5.74) is 1.55. The van der Waals surface area contributed by atoms with Gasteiger partial charge in [-0.05, 0) is 31.5 Å². The highest BCUT2D eigenvalue weighted by Gasteiger charge is 2.13. The van der Waals surface area contributed by atoms with E-state index >= 15 is 0 Å². The molecule has 0 atom stereocenters. The van der Waals surface area contributed by atoms with Gasteiger partial charge >= 0.3 is 0 Å². The number of alkyl halides is 1. The molecule has 1 aromatic rings. The molecule has 0 unspecified atom stereocenters. The van der Waals surface area contributed by atoms with E-state index in [1.54, 1.807) is 19.1 Å². The van der Waals surface area contributed by atoms with Crippen LogP contribution in [0.25, 0.3) is 0 Å². The number of sulfonamides is 1. The lowest BCUT2D eigenvalue weighted by Crippen LogP contribution is -2.23. The number of anilines is 1. The van der Waals surface area contributed by atoms with Crippen molar-refractivity contribution in [3.8, 4) is 0 Å². The molecule has 19 heavy (non-hydrogen) atoms. The van der Waals surface area contributed by atoms with E-state index in [1.807, 2.05) is 6.92 Å². The number of carbonyl (C=O) groups is 1. The largest absolute Gasteiger partial charge is 0.352 e. The van der Waals surface area contributed by atoms with Gasteiger partial charge in [0.15, 0.2) is 0 Å². The van der Waals surface area contributed by atoms with Crippen molar-refractivity contribution >= 4 is 33.2 Å². The SMILES string of the molecule is CCNC(=O)c1ccc(C)c(NS(=O)(=O)CCCl)c1. The lowest BCUT2D eigenvalue weighted by molar-refractivity contribution is 0.0956. The Bertz CT molecular complexity index is 558. The third-order valence-corrected chi connectivity index (χ3v) is 4.13. The number of benzene rings is 1. The first kappa shape index (κ1) is 15.8. The number of rotatable bonds is 6. The van der Waals surface area contributed by atoms with E-state index in [2.05, 4.69) is 10.0 Å². The Kier molecular flexibility index (Phi) is 5.62. The molecule has 106 valence electrons. The highest BCUT2D eigenvalue weighted by molar-refractivity contribution is 7.92. The molecule has 0 aromatic heterocycles. The van der Waals surface area contributed by atoms with Crippen LogP contribution >= 0.6 is 11.6 Å². The first-order valence-electron chi connectivity index (χ1n) is 5.85. The summed E-state index contributed by atoms with van der Waals surface area (Å²) in [6.45, 7) is 4.09. The molecule has 1 aromatic carbocycles. The molecule has 0 fully saturated rings. The Labute approximate surface area is 118 Å². The zero-order valence-corrected chi connectivity index (χ0v) is 12.4. The van der Waals surface area contributed by atoms with Crippen molar-refractivity contribution in [3.05, 3.63) is 29.3 Å². The van der Waals surface area contributed by atoms with Crippen molar-refractivity contribution in [1.82, 2.24) is 5.32 Å². The van der Waals surface area contributed by atoms with Crippen LogP contribution in [0.5, 0.6) is 0 Å². The summed E-state index contributed by atoms with van der Waals surface area (Å²) in [4.78, 5) is 11.7. The topological polar surface area (TPSA) is 75.3 Å². The summed E-state index contributed by atoms with van der Waals surface area (Å²) in [5.74, 6) is -0.385. The van der Waals surface area contributed by atoms with E-state index in [0.717, 1.165) is 5.56 Å². The number of halogens is 1. The van der Waals surface area contributed by atoms with Gasteiger partial charge in [-0.2, -0.15) is 0 Å². The minimum Gasteiger partial charge on any atom is -0.352 e. The Hall–Kier alpha value is -1.27. The number of nitrogens with one attached hydrogen (secondary N) is 2. The van der Waals surface area contributed by atoms with Gasteiger partial charge in [-0.1, -0.05) is 6.07 Å². The first-order chi connectivity index (χ1) is 8.89. The van der Waals surface area contributed by atoms with Gasteiger partial charge in [0.2, 0.25) is 10.0 Å². The van der Waals surface area contributed by atoms with Gasteiger partial charge in [-0.25, -0.2) is 8.42 Å². The molecule has 0 aliphatic rings. The molecule has 0 radical (unpaired) electrons. The summed E-state index contributed by atoms with van der Waals surface area (Å²) < 4.78 is 25.8. The van der Waals surface area contributed by atoms with Gasteiger partial charge in [0.25, 0.3) is 5.91 Å². The summed E-state index contributed by atoms with van der Waals surface area (Å²) in [6, 6.07) is 4.87. The molecular formula is C12H17ClN2O3S. The van der Waals surface area contributed by atoms with Crippen LogP contribution in [-0.2, 0) is 10.0 Å². The first-order valence-corrected chi connectivity index (χ1v) is 8.03. The number of hydrogen-bond donors (Lipinski definition) is 2. The lowest BCUT2D eigenvalue weighted by atomic mass is 10.1. The summed E-state index contributed by atoms with van der Waals surface area (Å²) >= 11 is 5.43. The van der Waals surface area contributed by atoms with Crippen molar-refractivity contribution in [2.45, 2.75) is 13.8 Å². The van der Waals surface area contributed by atoms with E-state index in [1.165, 1.54) is 6.07 Å². The van der Waals surface area contributed by atoms with Gasteiger partial charge in [0.1, 0.15) is 0 Å². The molecular weight excluding hydrogens is 288 g/mol. The van der Waals surface area contributed by atoms with Crippen LogP contribution in [0.1, 0.15) is 22.8 Å². The van der Waals surface area contributed by atoms with Crippen molar-refractivity contribution in [1.29, 1.82) is 0 Å². The van der Waals surface area contributed by atoms with Crippen LogP contribution in [0.2, 0.25) is 0 Å². The van der Waals surface area contributed by atoms with Crippen LogP contribution < -0.4 is 10.0 Å². The van der Waals surface area contributed by atoms with Gasteiger partial charge in [-0.15, -0.1) is 11.6 Å². The second-order valence-electron chi connectivity index (χ2n) is 4.00. The second kappa shape index (κ2) is 6.77. The monoisotopic (exact) mass is 304 g/mol. The molecule has 0 heterocycles. The van der Waals surface area contributed by atoms with Crippen molar-refractivity contribution in [3.63, 3.8) is 0 Å². The Balaban J connectivity index is 3.01. The molecule has 0 bridgehead atoms. The van der Waals surface area contributed by atoms with Gasteiger partial charge in [0, 0.05) is 18.0 Å². The average Bonchev–Trinajstić information content (AvgIpc) is 2.31. The number of hydrogen-bond acceptors (Lipinski definition) is 3. The standard InChI is InChI=1S/C12H17ClN2O3S/c1-3-14-12(16)10-5-4-9(2)11(8-10)15-19(17,18)7-6-13/h4-5,8,15H,3,6-7H2,1-2H3,(H,14,16). The minimum atomic E-state index is -3.48. The van der Waals surface area contributed by atoms with E-state index in [-0.39, 0.29) is 17.5 Å². The molecule has 0 aliphatic carbocycles. The predicted octanol–water partition coefficient (Wildman–Crippen LogP) is 1.73. The smallest absolute Gasteiger partial charge is 0.251 e. The molecule has 0 spiro atoms. The van der Waals surface area contributed by atoms with E-state index < -0.39 is 10.0 Å². The van der Waals surface area contributed by atoms with Gasteiger partial charge in [0.05, 0.1) is 11.4 Å². The molecule has 7 heteroatoms. The second-order valence-corrected chi connectivity index (χ2v) is 6.22. The number of carbonyl (C=O) groups excluding carboxylic acids is 1. The van der Waals surface area contributed by atoms with Gasteiger partial charge < -0.3 is 5.32 Å². The van der Waals surface area contributed by atoms with Gasteiger partial charge in [-0.3, -0.25) is 9.52 Å². The molecule has 0 saturated carbocycles. The average molecular weight is 305 g/mol. The fraction of sp³-hybridized carbons (Fsp3) is 0.417. The zero-order valence-electron chi connectivity index (χ0n) is 10.9. The Morgan fingerprint density at radius 3 is 2.63 bits per heavy atom.